The molecule has 0 atom stereocenters. The van der Waals surface area contributed by atoms with Gasteiger partial charge in [-0.2, -0.15) is 0 Å². The fourth-order valence-electron chi connectivity index (χ4n) is 0.762. The summed E-state index contributed by atoms with van der Waals surface area (Å²) in [6.45, 7) is 5.07. The van der Waals surface area contributed by atoms with Gasteiger partial charge in [-0.25, -0.2) is 4.98 Å². The maximum Gasteiger partial charge on any atom is 0.150 e. The van der Waals surface area contributed by atoms with Crippen molar-refractivity contribution >= 4 is 11.6 Å². The Kier molecular flexibility index (Phi) is 2.35. The zero-order chi connectivity index (χ0) is 9.35. The molecule has 1 aromatic rings. The molecular formula is C8H11ClN2O. The Balaban J connectivity index is 3.14. The molecule has 0 spiro atoms. The number of halogens is 1. The van der Waals surface area contributed by atoms with Crippen LogP contribution in [-0.4, -0.2) is 15.1 Å². The highest BCUT2D eigenvalue weighted by Gasteiger charge is 2.18. The lowest BCUT2D eigenvalue weighted by Gasteiger charge is -2.16. The van der Waals surface area contributed by atoms with Gasteiger partial charge >= 0.3 is 0 Å². The maximum atomic E-state index is 9.56. The predicted molar refractivity (Wildman–Crippen MR) is 47.0 cm³/mol. The van der Waals surface area contributed by atoms with Crippen LogP contribution in [0.1, 0.15) is 25.2 Å². The summed E-state index contributed by atoms with van der Waals surface area (Å²) in [5.74, 6) is 0. The van der Waals surface area contributed by atoms with Crippen LogP contribution in [0.5, 0.6) is 0 Å². The van der Waals surface area contributed by atoms with Crippen molar-refractivity contribution in [2.45, 2.75) is 26.4 Å². The van der Waals surface area contributed by atoms with E-state index in [9.17, 15) is 5.11 Å². The first-order valence-electron chi connectivity index (χ1n) is 3.63. The molecule has 3 nitrogen and oxygen atoms in total. The molecule has 0 amide bonds. The Bertz CT molecular complexity index is 294. The van der Waals surface area contributed by atoms with E-state index in [0.717, 1.165) is 0 Å². The molecule has 1 heterocycles. The summed E-state index contributed by atoms with van der Waals surface area (Å²) in [7, 11) is 0. The first-order chi connectivity index (χ1) is 5.41. The number of aryl methyl sites for hydroxylation is 1. The molecule has 1 N–H and O–H groups in total. The normalized spacial score (nSPS) is 11.8. The van der Waals surface area contributed by atoms with Crippen LogP contribution in [0.2, 0.25) is 5.15 Å². The van der Waals surface area contributed by atoms with Gasteiger partial charge in [-0.3, -0.25) is 4.98 Å². The summed E-state index contributed by atoms with van der Waals surface area (Å²) in [5, 5.41) is 9.94. The van der Waals surface area contributed by atoms with E-state index in [1.807, 2.05) is 0 Å². The number of nitrogens with zero attached hydrogens (tertiary/aromatic N) is 2. The third-order valence-electron chi connectivity index (χ3n) is 1.51. The molecule has 1 rings (SSSR count). The van der Waals surface area contributed by atoms with Crippen LogP contribution in [0.25, 0.3) is 0 Å². The molecular weight excluding hydrogens is 176 g/mol. The second kappa shape index (κ2) is 2.99. The SMILES string of the molecule is Cc1nc(C(C)(C)O)cnc1Cl. The van der Waals surface area contributed by atoms with Crippen molar-refractivity contribution in [2.24, 2.45) is 0 Å². The van der Waals surface area contributed by atoms with Crippen molar-refractivity contribution in [3.05, 3.63) is 22.7 Å². The number of hydrogen-bond acceptors (Lipinski definition) is 3. The smallest absolute Gasteiger partial charge is 0.150 e. The summed E-state index contributed by atoms with van der Waals surface area (Å²) in [6, 6.07) is 0. The van der Waals surface area contributed by atoms with Crippen molar-refractivity contribution in [2.75, 3.05) is 0 Å². The topological polar surface area (TPSA) is 46.0 Å². The van der Waals surface area contributed by atoms with Crippen molar-refractivity contribution in [1.29, 1.82) is 0 Å². The Hall–Kier alpha value is -0.670. The van der Waals surface area contributed by atoms with E-state index in [0.29, 0.717) is 16.5 Å². The van der Waals surface area contributed by atoms with E-state index >= 15 is 0 Å². The Labute approximate surface area is 76.4 Å². The van der Waals surface area contributed by atoms with E-state index < -0.39 is 5.60 Å². The number of aliphatic hydroxyl groups is 1. The molecule has 0 radical (unpaired) electrons. The largest absolute Gasteiger partial charge is 0.384 e. The van der Waals surface area contributed by atoms with Gasteiger partial charge in [-0.15, -0.1) is 0 Å². The zero-order valence-electron chi connectivity index (χ0n) is 7.30. The second-order valence-corrected chi connectivity index (χ2v) is 3.55. The van der Waals surface area contributed by atoms with Crippen molar-refractivity contribution < 1.29 is 5.11 Å². The van der Waals surface area contributed by atoms with E-state index in [1.165, 1.54) is 6.20 Å². The fourth-order valence-corrected chi connectivity index (χ4v) is 0.853. The molecule has 4 heteroatoms. The number of hydrogen-bond donors (Lipinski definition) is 1. The van der Waals surface area contributed by atoms with Crippen LogP contribution >= 0.6 is 11.6 Å². The molecule has 0 unspecified atom stereocenters. The molecule has 0 aliphatic heterocycles. The van der Waals surface area contributed by atoms with Crippen LogP contribution < -0.4 is 0 Å². The van der Waals surface area contributed by atoms with Gasteiger partial charge in [0, 0.05) is 0 Å². The van der Waals surface area contributed by atoms with Gasteiger partial charge in [0.1, 0.15) is 10.8 Å². The van der Waals surface area contributed by atoms with Gasteiger partial charge in [0.25, 0.3) is 0 Å². The van der Waals surface area contributed by atoms with Crippen molar-refractivity contribution in [3.63, 3.8) is 0 Å². The molecule has 0 aliphatic carbocycles. The molecule has 1 aromatic heterocycles. The number of rotatable bonds is 1. The molecule has 0 saturated heterocycles. The molecule has 66 valence electrons. The molecule has 0 bridgehead atoms. The van der Waals surface area contributed by atoms with Crippen molar-refractivity contribution in [1.82, 2.24) is 9.97 Å². The molecule has 0 fully saturated rings. The average Bonchev–Trinajstić information content (AvgIpc) is 1.92. The summed E-state index contributed by atoms with van der Waals surface area (Å²) < 4.78 is 0. The number of aromatic nitrogens is 2. The maximum absolute atomic E-state index is 9.56. The molecule has 12 heavy (non-hydrogen) atoms. The highest BCUT2D eigenvalue weighted by molar-refractivity contribution is 6.29. The second-order valence-electron chi connectivity index (χ2n) is 3.19. The van der Waals surface area contributed by atoms with Gasteiger partial charge in [0.15, 0.2) is 0 Å². The average molecular weight is 187 g/mol. The minimum atomic E-state index is -0.956. The minimum absolute atomic E-state index is 0.378. The van der Waals surface area contributed by atoms with Crippen LogP contribution in [0.4, 0.5) is 0 Å². The quantitative estimate of drug-likeness (QED) is 0.726. The van der Waals surface area contributed by atoms with E-state index in [-0.39, 0.29) is 0 Å². The standard InChI is InChI=1S/C8H11ClN2O/c1-5-7(9)10-4-6(11-5)8(2,3)12/h4,12H,1-3H3. The van der Waals surface area contributed by atoms with Crippen LogP contribution in [0, 0.1) is 6.92 Å². The summed E-state index contributed by atoms with van der Waals surface area (Å²) in [4.78, 5) is 7.99. The van der Waals surface area contributed by atoms with Gasteiger partial charge in [-0.1, -0.05) is 11.6 Å². The van der Waals surface area contributed by atoms with E-state index in [4.69, 9.17) is 11.6 Å². The van der Waals surface area contributed by atoms with E-state index in [1.54, 1.807) is 20.8 Å². The fraction of sp³-hybridized carbons (Fsp3) is 0.500. The molecule has 0 aromatic carbocycles. The third-order valence-corrected chi connectivity index (χ3v) is 1.88. The predicted octanol–water partition coefficient (Wildman–Crippen LogP) is 1.67. The first-order valence-corrected chi connectivity index (χ1v) is 4.01. The highest BCUT2D eigenvalue weighted by Crippen LogP contribution is 2.18. The monoisotopic (exact) mass is 186 g/mol. The summed E-state index contributed by atoms with van der Waals surface area (Å²) in [6.07, 6.45) is 1.48. The lowest BCUT2D eigenvalue weighted by atomic mass is 10.1. The van der Waals surface area contributed by atoms with E-state index in [2.05, 4.69) is 9.97 Å². The Morgan fingerprint density at radius 3 is 2.50 bits per heavy atom. The Morgan fingerprint density at radius 2 is 2.08 bits per heavy atom. The zero-order valence-corrected chi connectivity index (χ0v) is 8.05. The molecule has 0 aliphatic rings. The minimum Gasteiger partial charge on any atom is -0.384 e. The summed E-state index contributed by atoms with van der Waals surface area (Å²) >= 11 is 5.68. The van der Waals surface area contributed by atoms with Crippen LogP contribution in [0.15, 0.2) is 6.20 Å². The van der Waals surface area contributed by atoms with Crippen LogP contribution in [-0.2, 0) is 5.60 Å². The van der Waals surface area contributed by atoms with Gasteiger partial charge < -0.3 is 5.11 Å². The lowest BCUT2D eigenvalue weighted by Crippen LogP contribution is -2.18. The van der Waals surface area contributed by atoms with Gasteiger partial charge in [0.05, 0.1) is 17.6 Å². The van der Waals surface area contributed by atoms with Crippen LogP contribution in [0.3, 0.4) is 0 Å². The molecule has 0 saturated carbocycles. The van der Waals surface area contributed by atoms with Crippen molar-refractivity contribution in [3.8, 4) is 0 Å². The lowest BCUT2D eigenvalue weighted by molar-refractivity contribution is 0.0732. The highest BCUT2D eigenvalue weighted by atomic mass is 35.5. The first kappa shape index (κ1) is 9.42. The van der Waals surface area contributed by atoms with Gasteiger partial charge in [0.2, 0.25) is 0 Å². The Morgan fingerprint density at radius 1 is 1.50 bits per heavy atom. The third kappa shape index (κ3) is 1.93. The summed E-state index contributed by atoms with van der Waals surface area (Å²) in [5.41, 5.74) is 0.211. The van der Waals surface area contributed by atoms with Gasteiger partial charge in [-0.05, 0) is 20.8 Å².